The second kappa shape index (κ2) is 12.9. The molecule has 13 heteroatoms. The molecule has 2 aromatic carbocycles. The van der Waals surface area contributed by atoms with E-state index in [-0.39, 0.29) is 36.0 Å². The van der Waals surface area contributed by atoms with E-state index in [1.165, 1.54) is 41.1 Å². The van der Waals surface area contributed by atoms with Gasteiger partial charge in [0.15, 0.2) is 5.69 Å². The van der Waals surface area contributed by atoms with Crippen molar-refractivity contribution in [3.05, 3.63) is 76.7 Å². The number of carbonyl (C=O) groups is 2. The van der Waals surface area contributed by atoms with Crippen LogP contribution < -0.4 is 10.1 Å². The molecule has 3 rings (SSSR count). The van der Waals surface area contributed by atoms with Crippen LogP contribution in [-0.4, -0.2) is 55.8 Å². The average Bonchev–Trinajstić information content (AvgIpc) is 3.25. The molecule has 40 heavy (non-hydrogen) atoms. The van der Waals surface area contributed by atoms with Crippen LogP contribution in [0.4, 0.5) is 17.6 Å². The Hall–Kier alpha value is -3.97. The number of hydrogen-bond donors (Lipinski definition) is 4. The molecule has 2 atom stereocenters. The van der Waals surface area contributed by atoms with Gasteiger partial charge in [0.25, 0.3) is 5.91 Å². The number of hydrogen-bond acceptors (Lipinski definition) is 6. The van der Waals surface area contributed by atoms with Gasteiger partial charge in [0.1, 0.15) is 12.4 Å². The monoisotopic (exact) mass is 567 g/mol. The van der Waals surface area contributed by atoms with Gasteiger partial charge < -0.3 is 25.4 Å². The smallest absolute Gasteiger partial charge is 0.416 e. The Morgan fingerprint density at radius 1 is 1.07 bits per heavy atom. The van der Waals surface area contributed by atoms with Gasteiger partial charge in [0.05, 0.1) is 29.9 Å². The summed E-state index contributed by atoms with van der Waals surface area (Å²) in [7, 11) is 0. The minimum absolute atomic E-state index is 0.0394. The highest BCUT2D eigenvalue weighted by Crippen LogP contribution is 2.33. The molecule has 3 aromatic rings. The van der Waals surface area contributed by atoms with Gasteiger partial charge in [-0.3, -0.25) is 9.59 Å². The first kappa shape index (κ1) is 30.6. The van der Waals surface area contributed by atoms with Crippen molar-refractivity contribution in [2.75, 3.05) is 6.61 Å². The van der Waals surface area contributed by atoms with Gasteiger partial charge in [0, 0.05) is 18.5 Å². The van der Waals surface area contributed by atoms with Crippen LogP contribution in [0.5, 0.6) is 5.88 Å². The molecule has 0 bridgehead atoms. The number of aliphatic carboxylic acids is 1. The molecule has 1 amide bonds. The maximum Gasteiger partial charge on any atom is 0.416 e. The van der Waals surface area contributed by atoms with Crippen molar-refractivity contribution in [3.8, 4) is 11.6 Å². The molecule has 1 aromatic heterocycles. The second-order valence-electron chi connectivity index (χ2n) is 9.44. The molecule has 0 aliphatic rings. The first-order valence-corrected chi connectivity index (χ1v) is 12.3. The maximum atomic E-state index is 13.6. The van der Waals surface area contributed by atoms with Crippen LogP contribution in [0.2, 0.25) is 0 Å². The summed E-state index contributed by atoms with van der Waals surface area (Å²) in [4.78, 5) is 24.0. The van der Waals surface area contributed by atoms with E-state index in [0.29, 0.717) is 11.3 Å². The van der Waals surface area contributed by atoms with Gasteiger partial charge in [-0.15, -0.1) is 0 Å². The fourth-order valence-corrected chi connectivity index (χ4v) is 3.96. The van der Waals surface area contributed by atoms with E-state index in [1.54, 1.807) is 13.8 Å². The zero-order chi connectivity index (χ0) is 29.6. The molecule has 0 aliphatic carbocycles. The Morgan fingerprint density at radius 3 is 2.35 bits per heavy atom. The van der Waals surface area contributed by atoms with Crippen LogP contribution in [0.3, 0.4) is 0 Å². The highest BCUT2D eigenvalue weighted by Gasteiger charge is 2.31. The number of carboxylic acids is 1. The standard InChI is InChI=1S/C27H29F4N3O6/c1-15(2)23-24(25(39)32-13-16-4-3-5-17(10-16)27(29,30)31)33-34(19-8-6-18(28)7-9-19)26(23)40-14-21(36)11-20(35)12-22(37)38/h3-10,15,20-21,35-36H,11-14H2,1-2H3,(H,32,39)(H,37,38)/t20-,21+/m1/s1. The number of halogens is 4. The van der Waals surface area contributed by atoms with Gasteiger partial charge in [-0.05, 0) is 47.9 Å². The lowest BCUT2D eigenvalue weighted by Gasteiger charge is -2.17. The van der Waals surface area contributed by atoms with E-state index in [9.17, 15) is 37.4 Å². The molecule has 0 unspecified atom stereocenters. The molecular formula is C27H29F4N3O6. The van der Waals surface area contributed by atoms with Crippen molar-refractivity contribution >= 4 is 11.9 Å². The largest absolute Gasteiger partial charge is 0.481 e. The maximum absolute atomic E-state index is 13.6. The molecule has 1 heterocycles. The number of amides is 1. The summed E-state index contributed by atoms with van der Waals surface area (Å²) in [5.74, 6) is -2.79. The van der Waals surface area contributed by atoms with Gasteiger partial charge >= 0.3 is 12.1 Å². The third-order valence-electron chi connectivity index (χ3n) is 5.82. The number of aromatic nitrogens is 2. The number of alkyl halides is 3. The predicted octanol–water partition coefficient (Wildman–Crippen LogP) is 4.05. The molecule has 0 radical (unpaired) electrons. The summed E-state index contributed by atoms with van der Waals surface area (Å²) in [6.45, 7) is 2.87. The number of aliphatic hydroxyl groups excluding tert-OH is 2. The van der Waals surface area contributed by atoms with Crippen LogP contribution in [0.1, 0.15) is 59.8 Å². The fraction of sp³-hybridized carbons (Fsp3) is 0.370. The minimum Gasteiger partial charge on any atom is -0.481 e. The minimum atomic E-state index is -4.54. The summed E-state index contributed by atoms with van der Waals surface area (Å²) in [5, 5.41) is 35.8. The van der Waals surface area contributed by atoms with E-state index < -0.39 is 54.7 Å². The molecule has 4 N–H and O–H groups in total. The lowest BCUT2D eigenvalue weighted by molar-refractivity contribution is -0.140. The van der Waals surface area contributed by atoms with Gasteiger partial charge in [0.2, 0.25) is 5.88 Å². The van der Waals surface area contributed by atoms with Crippen molar-refractivity contribution in [2.24, 2.45) is 0 Å². The van der Waals surface area contributed by atoms with Crippen LogP contribution in [0.25, 0.3) is 5.69 Å². The van der Waals surface area contributed by atoms with Crippen molar-refractivity contribution in [1.29, 1.82) is 0 Å². The summed E-state index contributed by atoms with van der Waals surface area (Å²) in [6, 6.07) is 9.62. The van der Waals surface area contributed by atoms with Crippen LogP contribution >= 0.6 is 0 Å². The normalized spacial score (nSPS) is 13.2. The first-order chi connectivity index (χ1) is 18.8. The summed E-state index contributed by atoms with van der Waals surface area (Å²) in [5.41, 5.74) is -0.112. The zero-order valence-corrected chi connectivity index (χ0v) is 21.7. The van der Waals surface area contributed by atoms with E-state index in [4.69, 9.17) is 9.84 Å². The summed E-state index contributed by atoms with van der Waals surface area (Å²) >= 11 is 0. The number of nitrogens with one attached hydrogen (secondary N) is 1. The topological polar surface area (TPSA) is 134 Å². The predicted molar refractivity (Wildman–Crippen MR) is 135 cm³/mol. The van der Waals surface area contributed by atoms with E-state index in [2.05, 4.69) is 10.4 Å². The lowest BCUT2D eigenvalue weighted by atomic mass is 10.0. The number of ether oxygens (including phenoxy) is 1. The van der Waals surface area contributed by atoms with Crippen molar-refractivity contribution in [1.82, 2.24) is 15.1 Å². The number of carboxylic acid groups (broad SMARTS) is 1. The summed E-state index contributed by atoms with van der Waals surface area (Å²) < 4.78 is 59.8. The Balaban J connectivity index is 1.91. The highest BCUT2D eigenvalue weighted by atomic mass is 19.4. The third kappa shape index (κ3) is 8.02. The van der Waals surface area contributed by atoms with E-state index >= 15 is 0 Å². The number of carbonyl (C=O) groups excluding carboxylic acids is 1. The fourth-order valence-electron chi connectivity index (χ4n) is 3.96. The Morgan fingerprint density at radius 2 is 1.75 bits per heavy atom. The van der Waals surface area contributed by atoms with Crippen molar-refractivity contribution in [2.45, 2.75) is 57.5 Å². The van der Waals surface area contributed by atoms with E-state index in [0.717, 1.165) is 12.1 Å². The first-order valence-electron chi connectivity index (χ1n) is 12.3. The Kier molecular flexibility index (Phi) is 9.88. The van der Waals surface area contributed by atoms with Gasteiger partial charge in [-0.2, -0.15) is 18.3 Å². The van der Waals surface area contributed by atoms with Crippen molar-refractivity contribution < 1.29 is 47.2 Å². The Labute approximate surface area is 227 Å². The average molecular weight is 568 g/mol. The molecule has 0 fully saturated rings. The lowest BCUT2D eigenvalue weighted by Crippen LogP contribution is -2.26. The zero-order valence-electron chi connectivity index (χ0n) is 21.7. The number of nitrogens with zero attached hydrogens (tertiary/aromatic N) is 2. The molecule has 216 valence electrons. The van der Waals surface area contributed by atoms with Crippen LogP contribution in [-0.2, 0) is 17.5 Å². The van der Waals surface area contributed by atoms with Gasteiger partial charge in [-0.1, -0.05) is 26.0 Å². The number of benzene rings is 2. The molecule has 0 saturated carbocycles. The molecular weight excluding hydrogens is 538 g/mol. The quantitative estimate of drug-likeness (QED) is 0.243. The molecule has 9 nitrogen and oxygen atoms in total. The third-order valence-corrected chi connectivity index (χ3v) is 5.82. The SMILES string of the molecule is CC(C)c1c(C(=O)NCc2cccc(C(F)(F)F)c2)nn(-c2ccc(F)cc2)c1OC[C@@H](O)C[C@@H](O)CC(=O)O. The highest BCUT2D eigenvalue weighted by molar-refractivity contribution is 5.94. The number of rotatable bonds is 12. The Bertz CT molecular complexity index is 1320. The molecule has 0 saturated heterocycles. The number of aliphatic hydroxyl groups is 2. The van der Waals surface area contributed by atoms with Crippen LogP contribution in [0.15, 0.2) is 48.5 Å². The molecule has 0 aliphatic heterocycles. The molecule has 0 spiro atoms. The van der Waals surface area contributed by atoms with Crippen molar-refractivity contribution in [3.63, 3.8) is 0 Å². The van der Waals surface area contributed by atoms with E-state index in [1.807, 2.05) is 0 Å². The van der Waals surface area contributed by atoms with Crippen LogP contribution in [0, 0.1) is 5.82 Å². The summed E-state index contributed by atoms with van der Waals surface area (Å²) in [6.07, 6.45) is -8.00. The second-order valence-corrected chi connectivity index (χ2v) is 9.44. The van der Waals surface area contributed by atoms with Gasteiger partial charge in [-0.25, -0.2) is 9.07 Å².